The van der Waals surface area contributed by atoms with E-state index in [9.17, 15) is 9.59 Å². The van der Waals surface area contributed by atoms with Gasteiger partial charge in [0.1, 0.15) is 0 Å². The third-order valence-electron chi connectivity index (χ3n) is 2.78. The Morgan fingerprint density at radius 1 is 1.37 bits per heavy atom. The molecule has 1 rings (SSSR count). The molecule has 1 heterocycles. The van der Waals surface area contributed by atoms with E-state index in [0.717, 1.165) is 5.69 Å². The highest BCUT2D eigenvalue weighted by Gasteiger charge is 2.25. The Labute approximate surface area is 113 Å². The molecule has 2 N–H and O–H groups in total. The molecule has 0 aliphatic heterocycles. The summed E-state index contributed by atoms with van der Waals surface area (Å²) in [5.74, 6) is -1.06. The highest BCUT2D eigenvalue weighted by Crippen LogP contribution is 2.25. The summed E-state index contributed by atoms with van der Waals surface area (Å²) in [6, 6.07) is 5.33. The summed E-state index contributed by atoms with van der Waals surface area (Å²) in [5.41, 5.74) is 0.228. The molecule has 104 valence electrons. The van der Waals surface area contributed by atoms with Gasteiger partial charge in [-0.15, -0.1) is 0 Å². The monoisotopic (exact) mass is 264 g/mol. The van der Waals surface area contributed by atoms with Crippen molar-refractivity contribution in [2.45, 2.75) is 39.7 Å². The topological polar surface area (TPSA) is 79.3 Å². The van der Waals surface area contributed by atoms with Crippen molar-refractivity contribution in [1.82, 2.24) is 10.3 Å². The first-order chi connectivity index (χ1) is 8.80. The molecule has 1 amide bonds. The largest absolute Gasteiger partial charge is 0.481 e. The Morgan fingerprint density at radius 2 is 2.05 bits per heavy atom. The van der Waals surface area contributed by atoms with Gasteiger partial charge in [-0.05, 0) is 24.5 Å². The second-order valence-corrected chi connectivity index (χ2v) is 5.46. The lowest BCUT2D eigenvalue weighted by Crippen LogP contribution is -2.32. The number of aromatic nitrogens is 1. The van der Waals surface area contributed by atoms with E-state index in [1.54, 1.807) is 20.0 Å². The number of carboxylic acids is 1. The summed E-state index contributed by atoms with van der Waals surface area (Å²) in [6.07, 6.45) is 1.82. The fraction of sp³-hybridized carbons (Fsp3) is 0.500. The molecule has 1 aromatic heterocycles. The standard InChI is InChI=1S/C14H20N2O3/c1-10(11-6-4-5-7-15-11)16-12(17)8-14(2,3)9-13(18)19/h4-7,10H,8-9H2,1-3H3,(H,16,17)(H,18,19)/t10-/m0/s1. The number of hydrogen-bond donors (Lipinski definition) is 2. The van der Waals surface area contributed by atoms with Crippen molar-refractivity contribution in [3.63, 3.8) is 0 Å². The van der Waals surface area contributed by atoms with E-state index in [4.69, 9.17) is 5.11 Å². The van der Waals surface area contributed by atoms with Crippen LogP contribution in [0.5, 0.6) is 0 Å². The second-order valence-electron chi connectivity index (χ2n) is 5.46. The van der Waals surface area contributed by atoms with Crippen LogP contribution in [0.4, 0.5) is 0 Å². The minimum Gasteiger partial charge on any atom is -0.481 e. The van der Waals surface area contributed by atoms with Gasteiger partial charge in [-0.1, -0.05) is 19.9 Å². The van der Waals surface area contributed by atoms with Crippen molar-refractivity contribution >= 4 is 11.9 Å². The number of amides is 1. The summed E-state index contributed by atoms with van der Waals surface area (Å²) in [4.78, 5) is 26.8. The van der Waals surface area contributed by atoms with Crippen LogP contribution in [-0.4, -0.2) is 22.0 Å². The first kappa shape index (κ1) is 15.1. The number of aliphatic carboxylic acids is 1. The van der Waals surface area contributed by atoms with Crippen molar-refractivity contribution in [3.8, 4) is 0 Å². The van der Waals surface area contributed by atoms with E-state index < -0.39 is 11.4 Å². The van der Waals surface area contributed by atoms with Gasteiger partial charge in [0.05, 0.1) is 18.2 Å². The molecular weight excluding hydrogens is 244 g/mol. The van der Waals surface area contributed by atoms with Crippen LogP contribution in [0.25, 0.3) is 0 Å². The lowest BCUT2D eigenvalue weighted by Gasteiger charge is -2.23. The van der Waals surface area contributed by atoms with Gasteiger partial charge in [0.25, 0.3) is 0 Å². The third-order valence-corrected chi connectivity index (χ3v) is 2.78. The first-order valence-electron chi connectivity index (χ1n) is 6.22. The Kier molecular flexibility index (Phi) is 5.03. The van der Waals surface area contributed by atoms with Crippen LogP contribution in [0, 0.1) is 5.41 Å². The molecule has 5 heteroatoms. The normalized spacial score (nSPS) is 12.8. The fourth-order valence-electron chi connectivity index (χ4n) is 1.91. The molecule has 0 saturated heterocycles. The molecule has 0 aliphatic rings. The van der Waals surface area contributed by atoms with Crippen LogP contribution in [0.3, 0.4) is 0 Å². The summed E-state index contributed by atoms with van der Waals surface area (Å²) >= 11 is 0. The molecule has 0 radical (unpaired) electrons. The number of hydrogen-bond acceptors (Lipinski definition) is 3. The maximum absolute atomic E-state index is 11.9. The summed E-state index contributed by atoms with van der Waals surface area (Å²) in [6.45, 7) is 5.39. The Morgan fingerprint density at radius 3 is 2.58 bits per heavy atom. The molecule has 19 heavy (non-hydrogen) atoms. The average molecular weight is 264 g/mol. The van der Waals surface area contributed by atoms with Gasteiger partial charge in [-0.25, -0.2) is 0 Å². The van der Waals surface area contributed by atoms with Crippen molar-refractivity contribution < 1.29 is 14.7 Å². The maximum Gasteiger partial charge on any atom is 0.303 e. The van der Waals surface area contributed by atoms with E-state index in [1.807, 2.05) is 25.1 Å². The minimum atomic E-state index is -0.893. The quantitative estimate of drug-likeness (QED) is 0.825. The molecule has 1 atom stereocenters. The number of carboxylic acid groups (broad SMARTS) is 1. The summed E-state index contributed by atoms with van der Waals surface area (Å²) in [5, 5.41) is 11.6. The average Bonchev–Trinajstić information content (AvgIpc) is 2.27. The summed E-state index contributed by atoms with van der Waals surface area (Å²) < 4.78 is 0. The molecule has 0 aliphatic carbocycles. The zero-order valence-corrected chi connectivity index (χ0v) is 11.5. The molecular formula is C14H20N2O3. The Hall–Kier alpha value is -1.91. The zero-order valence-electron chi connectivity index (χ0n) is 11.5. The van der Waals surface area contributed by atoms with Crippen LogP contribution in [-0.2, 0) is 9.59 Å². The zero-order chi connectivity index (χ0) is 14.5. The Bertz CT molecular complexity index is 443. The lowest BCUT2D eigenvalue weighted by atomic mass is 9.85. The number of pyridine rings is 1. The van der Waals surface area contributed by atoms with Crippen molar-refractivity contribution in [2.24, 2.45) is 5.41 Å². The van der Waals surface area contributed by atoms with Crippen LogP contribution in [0.15, 0.2) is 24.4 Å². The molecule has 0 bridgehead atoms. The van der Waals surface area contributed by atoms with E-state index in [-0.39, 0.29) is 24.8 Å². The van der Waals surface area contributed by atoms with Gasteiger partial charge >= 0.3 is 5.97 Å². The van der Waals surface area contributed by atoms with E-state index in [0.29, 0.717) is 0 Å². The molecule has 5 nitrogen and oxygen atoms in total. The smallest absolute Gasteiger partial charge is 0.303 e. The van der Waals surface area contributed by atoms with Gasteiger partial charge < -0.3 is 10.4 Å². The highest BCUT2D eigenvalue weighted by atomic mass is 16.4. The second kappa shape index (κ2) is 6.31. The van der Waals surface area contributed by atoms with E-state index in [2.05, 4.69) is 10.3 Å². The fourth-order valence-corrected chi connectivity index (χ4v) is 1.91. The maximum atomic E-state index is 11.9. The first-order valence-corrected chi connectivity index (χ1v) is 6.22. The number of nitrogens with one attached hydrogen (secondary N) is 1. The van der Waals surface area contributed by atoms with Crippen molar-refractivity contribution in [1.29, 1.82) is 0 Å². The van der Waals surface area contributed by atoms with Crippen LogP contribution < -0.4 is 5.32 Å². The van der Waals surface area contributed by atoms with Crippen LogP contribution in [0.2, 0.25) is 0 Å². The number of carbonyl (C=O) groups excluding carboxylic acids is 1. The number of rotatable bonds is 6. The van der Waals surface area contributed by atoms with Gasteiger partial charge in [0.2, 0.25) is 5.91 Å². The predicted molar refractivity (Wildman–Crippen MR) is 71.4 cm³/mol. The summed E-state index contributed by atoms with van der Waals surface area (Å²) in [7, 11) is 0. The number of carbonyl (C=O) groups is 2. The van der Waals surface area contributed by atoms with Gasteiger partial charge in [0.15, 0.2) is 0 Å². The predicted octanol–water partition coefficient (Wildman–Crippen LogP) is 2.15. The molecule has 0 aromatic carbocycles. The van der Waals surface area contributed by atoms with Crippen molar-refractivity contribution in [2.75, 3.05) is 0 Å². The van der Waals surface area contributed by atoms with Gasteiger partial charge in [0, 0.05) is 12.6 Å². The minimum absolute atomic E-state index is 0.0294. The molecule has 0 unspecified atom stereocenters. The molecule has 1 aromatic rings. The van der Waals surface area contributed by atoms with Crippen LogP contribution in [0.1, 0.15) is 45.3 Å². The molecule has 0 saturated carbocycles. The Balaban J connectivity index is 2.54. The van der Waals surface area contributed by atoms with Crippen LogP contribution >= 0.6 is 0 Å². The SMILES string of the molecule is C[C@H](NC(=O)CC(C)(C)CC(=O)O)c1ccccn1. The third kappa shape index (κ3) is 5.50. The van der Waals surface area contributed by atoms with Gasteiger partial charge in [-0.3, -0.25) is 14.6 Å². The number of nitrogens with zero attached hydrogens (tertiary/aromatic N) is 1. The van der Waals surface area contributed by atoms with E-state index in [1.165, 1.54) is 0 Å². The lowest BCUT2D eigenvalue weighted by molar-refractivity contribution is -0.139. The van der Waals surface area contributed by atoms with Gasteiger partial charge in [-0.2, -0.15) is 0 Å². The molecule has 0 spiro atoms. The highest BCUT2D eigenvalue weighted by molar-refractivity contribution is 5.78. The van der Waals surface area contributed by atoms with Crippen molar-refractivity contribution in [3.05, 3.63) is 30.1 Å². The molecule has 0 fully saturated rings. The van der Waals surface area contributed by atoms with E-state index >= 15 is 0 Å².